The summed E-state index contributed by atoms with van der Waals surface area (Å²) in [6, 6.07) is 10.5. The standard InChI is InChI=1S/C20H16ClFN4O/c1-12-6-13(2)8-14(7-12)26-19-15(9-24-26)20(27)25(11-23-19)10-16-17(21)4-3-5-18(16)22/h3-9,11H,10H2,1-2H3. The van der Waals surface area contributed by atoms with Crippen molar-refractivity contribution in [2.24, 2.45) is 0 Å². The Balaban J connectivity index is 1.82. The molecule has 0 amide bonds. The fourth-order valence-corrected chi connectivity index (χ4v) is 3.40. The van der Waals surface area contributed by atoms with E-state index in [1.54, 1.807) is 10.7 Å². The Hall–Kier alpha value is -2.99. The Morgan fingerprint density at radius 1 is 1.15 bits per heavy atom. The molecule has 0 radical (unpaired) electrons. The Labute approximate surface area is 159 Å². The second-order valence-electron chi connectivity index (χ2n) is 6.52. The van der Waals surface area contributed by atoms with Gasteiger partial charge in [0.25, 0.3) is 5.56 Å². The van der Waals surface area contributed by atoms with Crippen LogP contribution in [-0.2, 0) is 6.54 Å². The molecular formula is C20H16ClFN4O. The van der Waals surface area contributed by atoms with Crippen molar-refractivity contribution in [3.8, 4) is 5.69 Å². The summed E-state index contributed by atoms with van der Waals surface area (Å²) in [7, 11) is 0. The molecule has 136 valence electrons. The zero-order chi connectivity index (χ0) is 19.1. The van der Waals surface area contributed by atoms with Crippen LogP contribution in [0.2, 0.25) is 5.02 Å². The lowest BCUT2D eigenvalue weighted by Gasteiger charge is -2.09. The molecule has 0 saturated carbocycles. The smallest absolute Gasteiger partial charge is 0.264 e. The highest BCUT2D eigenvalue weighted by atomic mass is 35.5. The van der Waals surface area contributed by atoms with Crippen molar-refractivity contribution in [3.63, 3.8) is 0 Å². The lowest BCUT2D eigenvalue weighted by atomic mass is 10.1. The first-order valence-electron chi connectivity index (χ1n) is 8.39. The maximum atomic E-state index is 14.0. The lowest BCUT2D eigenvalue weighted by molar-refractivity contribution is 0.595. The van der Waals surface area contributed by atoms with Crippen LogP contribution >= 0.6 is 11.6 Å². The number of fused-ring (bicyclic) bond motifs is 1. The highest BCUT2D eigenvalue weighted by molar-refractivity contribution is 6.31. The SMILES string of the molecule is Cc1cc(C)cc(-n2ncc3c(=O)n(Cc4c(F)cccc4Cl)cnc32)c1. The number of rotatable bonds is 3. The van der Waals surface area contributed by atoms with Gasteiger partial charge in [0.1, 0.15) is 17.5 Å². The first-order valence-corrected chi connectivity index (χ1v) is 8.76. The molecule has 0 fully saturated rings. The Morgan fingerprint density at radius 2 is 1.89 bits per heavy atom. The quantitative estimate of drug-likeness (QED) is 0.537. The second kappa shape index (κ2) is 6.63. The van der Waals surface area contributed by atoms with Gasteiger partial charge in [-0.15, -0.1) is 0 Å². The number of aromatic nitrogens is 4. The van der Waals surface area contributed by atoms with E-state index in [2.05, 4.69) is 16.1 Å². The fraction of sp³-hybridized carbons (Fsp3) is 0.150. The molecule has 2 aromatic heterocycles. The van der Waals surface area contributed by atoms with Gasteiger partial charge in [0, 0.05) is 10.6 Å². The van der Waals surface area contributed by atoms with Gasteiger partial charge < -0.3 is 0 Å². The minimum absolute atomic E-state index is 0.00200. The number of benzene rings is 2. The van der Waals surface area contributed by atoms with Gasteiger partial charge in [-0.3, -0.25) is 9.36 Å². The lowest BCUT2D eigenvalue weighted by Crippen LogP contribution is -2.21. The molecule has 4 aromatic rings. The second-order valence-corrected chi connectivity index (χ2v) is 6.92. The topological polar surface area (TPSA) is 52.7 Å². The van der Waals surface area contributed by atoms with Crippen LogP contribution in [0.1, 0.15) is 16.7 Å². The molecule has 2 aromatic carbocycles. The Kier molecular flexibility index (Phi) is 4.28. The van der Waals surface area contributed by atoms with Gasteiger partial charge >= 0.3 is 0 Å². The number of hydrogen-bond donors (Lipinski definition) is 0. The van der Waals surface area contributed by atoms with E-state index in [1.807, 2.05) is 26.0 Å². The van der Waals surface area contributed by atoms with Crippen LogP contribution < -0.4 is 5.56 Å². The van der Waals surface area contributed by atoms with E-state index in [0.29, 0.717) is 11.0 Å². The van der Waals surface area contributed by atoms with Crippen LogP contribution in [0, 0.1) is 19.7 Å². The highest BCUT2D eigenvalue weighted by Gasteiger charge is 2.14. The van der Waals surface area contributed by atoms with Crippen molar-refractivity contribution < 1.29 is 4.39 Å². The zero-order valence-corrected chi connectivity index (χ0v) is 15.5. The Bertz CT molecular complexity index is 1190. The maximum absolute atomic E-state index is 14.0. The summed E-state index contributed by atoms with van der Waals surface area (Å²) in [6.07, 6.45) is 2.88. The van der Waals surface area contributed by atoms with E-state index in [1.165, 1.54) is 29.2 Å². The first kappa shape index (κ1) is 17.4. The minimum Gasteiger partial charge on any atom is -0.294 e. The number of halogens is 2. The number of nitrogens with zero attached hydrogens (tertiary/aromatic N) is 4. The van der Waals surface area contributed by atoms with Gasteiger partial charge in [-0.25, -0.2) is 14.1 Å². The van der Waals surface area contributed by atoms with E-state index in [0.717, 1.165) is 16.8 Å². The van der Waals surface area contributed by atoms with E-state index in [4.69, 9.17) is 11.6 Å². The third kappa shape index (κ3) is 3.13. The van der Waals surface area contributed by atoms with Gasteiger partial charge in [-0.1, -0.05) is 23.7 Å². The zero-order valence-electron chi connectivity index (χ0n) is 14.8. The normalized spacial score (nSPS) is 11.3. The van der Waals surface area contributed by atoms with E-state index in [-0.39, 0.29) is 22.7 Å². The molecule has 0 N–H and O–H groups in total. The first-order chi connectivity index (χ1) is 12.9. The van der Waals surface area contributed by atoms with Crippen LogP contribution in [0.3, 0.4) is 0 Å². The predicted molar refractivity (Wildman–Crippen MR) is 103 cm³/mol. The van der Waals surface area contributed by atoms with Crippen molar-refractivity contribution in [1.82, 2.24) is 19.3 Å². The molecule has 0 aliphatic carbocycles. The highest BCUT2D eigenvalue weighted by Crippen LogP contribution is 2.20. The summed E-state index contributed by atoms with van der Waals surface area (Å²) in [4.78, 5) is 17.2. The van der Waals surface area contributed by atoms with E-state index < -0.39 is 5.82 Å². The van der Waals surface area contributed by atoms with Crippen molar-refractivity contribution >= 4 is 22.6 Å². The van der Waals surface area contributed by atoms with Crippen LogP contribution in [0.15, 0.2) is 53.7 Å². The van der Waals surface area contributed by atoms with Crippen LogP contribution in [0.5, 0.6) is 0 Å². The molecule has 0 aliphatic heterocycles. The predicted octanol–water partition coefficient (Wildman–Crippen LogP) is 4.04. The molecule has 0 unspecified atom stereocenters. The van der Waals surface area contributed by atoms with Crippen molar-refractivity contribution in [2.75, 3.05) is 0 Å². The van der Waals surface area contributed by atoms with Gasteiger partial charge in [0.15, 0.2) is 5.65 Å². The average Bonchev–Trinajstić information content (AvgIpc) is 3.04. The van der Waals surface area contributed by atoms with Gasteiger partial charge in [-0.05, 0) is 49.2 Å². The monoisotopic (exact) mass is 382 g/mol. The molecule has 4 rings (SSSR count). The molecular weight excluding hydrogens is 367 g/mol. The van der Waals surface area contributed by atoms with Crippen molar-refractivity contribution in [2.45, 2.75) is 20.4 Å². The summed E-state index contributed by atoms with van der Waals surface area (Å²) in [6.45, 7) is 4.00. The minimum atomic E-state index is -0.458. The van der Waals surface area contributed by atoms with Crippen LogP contribution in [0.25, 0.3) is 16.7 Å². The largest absolute Gasteiger partial charge is 0.294 e. The summed E-state index contributed by atoms with van der Waals surface area (Å²) in [5, 5.41) is 4.97. The summed E-state index contributed by atoms with van der Waals surface area (Å²) < 4.78 is 17.0. The third-order valence-corrected chi connectivity index (χ3v) is 4.75. The summed E-state index contributed by atoms with van der Waals surface area (Å²) in [5.41, 5.74) is 3.44. The van der Waals surface area contributed by atoms with E-state index in [9.17, 15) is 9.18 Å². The molecule has 5 nitrogen and oxygen atoms in total. The average molecular weight is 383 g/mol. The summed E-state index contributed by atoms with van der Waals surface area (Å²) in [5.74, 6) is -0.458. The molecule has 27 heavy (non-hydrogen) atoms. The van der Waals surface area contributed by atoms with Crippen molar-refractivity contribution in [3.05, 3.63) is 86.8 Å². The molecule has 7 heteroatoms. The molecule has 0 atom stereocenters. The molecule has 0 bridgehead atoms. The van der Waals surface area contributed by atoms with Gasteiger partial charge in [0.05, 0.1) is 18.4 Å². The number of hydrogen-bond acceptors (Lipinski definition) is 3. The fourth-order valence-electron chi connectivity index (χ4n) is 3.18. The van der Waals surface area contributed by atoms with Crippen LogP contribution in [-0.4, -0.2) is 19.3 Å². The maximum Gasteiger partial charge on any atom is 0.264 e. The van der Waals surface area contributed by atoms with Gasteiger partial charge in [-0.2, -0.15) is 5.10 Å². The molecule has 2 heterocycles. The van der Waals surface area contributed by atoms with Crippen molar-refractivity contribution in [1.29, 1.82) is 0 Å². The Morgan fingerprint density at radius 3 is 2.59 bits per heavy atom. The van der Waals surface area contributed by atoms with Gasteiger partial charge in [0.2, 0.25) is 0 Å². The van der Waals surface area contributed by atoms with E-state index >= 15 is 0 Å². The van der Waals surface area contributed by atoms with Crippen LogP contribution in [0.4, 0.5) is 4.39 Å². The molecule has 0 spiro atoms. The number of aryl methyl sites for hydroxylation is 2. The molecule has 0 saturated heterocycles. The molecule has 0 aliphatic rings. The summed E-state index contributed by atoms with van der Waals surface area (Å²) >= 11 is 6.07. The third-order valence-electron chi connectivity index (χ3n) is 4.40.